The van der Waals surface area contributed by atoms with E-state index in [4.69, 9.17) is 27.9 Å². The van der Waals surface area contributed by atoms with Gasteiger partial charge in [0, 0.05) is 10.1 Å². The summed E-state index contributed by atoms with van der Waals surface area (Å²) in [5.74, 6) is 0.684. The van der Waals surface area contributed by atoms with Crippen LogP contribution in [0.4, 0.5) is 0 Å². The van der Waals surface area contributed by atoms with Gasteiger partial charge >= 0.3 is 0 Å². The van der Waals surface area contributed by atoms with E-state index in [9.17, 15) is 4.79 Å². The molecule has 1 heterocycles. The van der Waals surface area contributed by atoms with Gasteiger partial charge in [-0.3, -0.25) is 4.79 Å². The highest BCUT2D eigenvalue weighted by atomic mass is 35.5. The van der Waals surface area contributed by atoms with Gasteiger partial charge in [0.25, 0.3) is 0 Å². The van der Waals surface area contributed by atoms with E-state index < -0.39 is 10.9 Å². The Kier molecular flexibility index (Phi) is 11.9. The van der Waals surface area contributed by atoms with Gasteiger partial charge in [0.1, 0.15) is 15.9 Å². The number of unbranched alkanes of at least 4 members (excludes halogenated alkanes) is 9. The summed E-state index contributed by atoms with van der Waals surface area (Å²) in [6.45, 7) is 2.82. The van der Waals surface area contributed by atoms with Crippen molar-refractivity contribution in [3.63, 3.8) is 0 Å². The number of halogens is 2. The number of ether oxygens (including phenoxy) is 1. The van der Waals surface area contributed by atoms with Crippen LogP contribution in [0.25, 0.3) is 20.2 Å². The number of benzene rings is 4. The molecule has 0 aliphatic carbocycles. The second-order valence-electron chi connectivity index (χ2n) is 10.9. The van der Waals surface area contributed by atoms with Gasteiger partial charge in [-0.1, -0.05) is 136 Å². The minimum Gasteiger partial charge on any atom is -0.487 e. The van der Waals surface area contributed by atoms with E-state index in [0.29, 0.717) is 33.2 Å². The summed E-state index contributed by atoms with van der Waals surface area (Å²) in [6.07, 6.45) is 12.5. The highest BCUT2D eigenvalue weighted by molar-refractivity contribution is 7.97. The number of fused-ring (bicyclic) bond motifs is 2. The molecular formula is C37H39Cl2O2S2+. The predicted octanol–water partition coefficient (Wildman–Crippen LogP) is 12.1. The molecule has 4 aromatic carbocycles. The third-order valence-electron chi connectivity index (χ3n) is 7.73. The fraction of sp³-hybridized carbons (Fsp3) is 0.324. The fourth-order valence-electron chi connectivity index (χ4n) is 5.48. The minimum atomic E-state index is -0.597. The van der Waals surface area contributed by atoms with Crippen LogP contribution >= 0.6 is 34.5 Å². The Morgan fingerprint density at radius 1 is 0.674 bits per heavy atom. The topological polar surface area (TPSA) is 26.3 Å². The first-order chi connectivity index (χ1) is 21.1. The molecule has 0 bridgehead atoms. The molecular weight excluding hydrogens is 611 g/mol. The van der Waals surface area contributed by atoms with Gasteiger partial charge in [-0.25, -0.2) is 0 Å². The SMILES string of the molecule is CCCCCCCCCCCCOc1c([S+](c2ccccc2)c2ccccc2)c(Cl)c(Cl)c2c(=O)c3ccccc3sc12. The molecule has 0 fully saturated rings. The van der Waals surface area contributed by atoms with Crippen molar-refractivity contribution in [2.75, 3.05) is 6.61 Å². The van der Waals surface area contributed by atoms with Crippen molar-refractivity contribution in [3.05, 3.63) is 105 Å². The molecule has 0 saturated heterocycles. The summed E-state index contributed by atoms with van der Waals surface area (Å²) in [7, 11) is -0.597. The predicted molar refractivity (Wildman–Crippen MR) is 188 cm³/mol. The van der Waals surface area contributed by atoms with Crippen LogP contribution in [-0.2, 0) is 10.9 Å². The molecule has 43 heavy (non-hydrogen) atoms. The molecule has 0 aliphatic rings. The van der Waals surface area contributed by atoms with E-state index in [1.807, 2.05) is 60.7 Å². The van der Waals surface area contributed by atoms with E-state index in [1.54, 1.807) is 11.3 Å². The maximum atomic E-state index is 13.8. The maximum Gasteiger partial charge on any atom is 0.229 e. The van der Waals surface area contributed by atoms with Gasteiger partial charge in [-0.2, -0.15) is 0 Å². The first-order valence-corrected chi connectivity index (χ1v) is 18.2. The minimum absolute atomic E-state index is 0.106. The molecule has 0 saturated carbocycles. The third kappa shape index (κ3) is 7.60. The zero-order chi connectivity index (χ0) is 30.0. The second kappa shape index (κ2) is 16.0. The molecule has 0 radical (unpaired) electrons. The summed E-state index contributed by atoms with van der Waals surface area (Å²) in [5.41, 5.74) is -0.106. The lowest BCUT2D eigenvalue weighted by molar-refractivity contribution is 0.301. The van der Waals surface area contributed by atoms with E-state index in [1.165, 1.54) is 51.4 Å². The van der Waals surface area contributed by atoms with Crippen LogP contribution in [0.3, 0.4) is 0 Å². The van der Waals surface area contributed by atoms with Crippen LogP contribution in [0.2, 0.25) is 10.0 Å². The van der Waals surface area contributed by atoms with E-state index >= 15 is 0 Å². The van der Waals surface area contributed by atoms with E-state index in [2.05, 4.69) is 31.2 Å². The fourth-order valence-corrected chi connectivity index (χ4v) is 9.76. The molecule has 5 rings (SSSR count). The van der Waals surface area contributed by atoms with Crippen molar-refractivity contribution < 1.29 is 4.74 Å². The first-order valence-electron chi connectivity index (χ1n) is 15.5. The van der Waals surface area contributed by atoms with Crippen LogP contribution in [0.5, 0.6) is 5.75 Å². The molecule has 224 valence electrons. The Hall–Kier alpha value is -2.50. The smallest absolute Gasteiger partial charge is 0.229 e. The Morgan fingerprint density at radius 2 is 1.21 bits per heavy atom. The average molecular weight is 651 g/mol. The molecule has 5 aromatic rings. The standard InChI is InChI=1S/C37H39Cl2O2S2/c1-2-3-4-5-6-7-8-9-10-19-26-41-35-36-31(34(40)29-24-17-18-25-30(29)42-36)32(38)33(39)37(35)43(27-20-13-11-14-21-27)28-22-15-12-16-23-28/h11-18,20-25H,2-10,19,26H2,1H3/q+1. The van der Waals surface area contributed by atoms with Crippen LogP contribution in [-0.4, -0.2) is 6.61 Å². The van der Waals surface area contributed by atoms with Gasteiger partial charge in [0.2, 0.25) is 4.90 Å². The first kappa shape index (κ1) is 31.9. The zero-order valence-electron chi connectivity index (χ0n) is 24.8. The van der Waals surface area contributed by atoms with Crippen molar-refractivity contribution in [2.45, 2.75) is 85.8 Å². The van der Waals surface area contributed by atoms with Crippen molar-refractivity contribution in [1.82, 2.24) is 0 Å². The lowest BCUT2D eigenvalue weighted by Crippen LogP contribution is -2.12. The van der Waals surface area contributed by atoms with Crippen molar-refractivity contribution in [2.24, 2.45) is 0 Å². The Labute approximate surface area is 272 Å². The van der Waals surface area contributed by atoms with Crippen molar-refractivity contribution in [3.8, 4) is 5.75 Å². The molecule has 0 atom stereocenters. The molecule has 0 spiro atoms. The van der Waals surface area contributed by atoms with Crippen molar-refractivity contribution >= 4 is 65.6 Å². The molecule has 2 nitrogen and oxygen atoms in total. The summed E-state index contributed by atoms with van der Waals surface area (Å²) in [6, 6.07) is 28.4. The average Bonchev–Trinajstić information content (AvgIpc) is 3.04. The van der Waals surface area contributed by atoms with Gasteiger partial charge in [-0.15, -0.1) is 11.3 Å². The van der Waals surface area contributed by atoms with Gasteiger partial charge in [-0.05, 0) is 42.8 Å². The highest BCUT2D eigenvalue weighted by Gasteiger charge is 2.38. The van der Waals surface area contributed by atoms with Crippen LogP contribution in [0, 0.1) is 0 Å². The number of hydrogen-bond donors (Lipinski definition) is 0. The Balaban J connectivity index is 1.52. The van der Waals surface area contributed by atoms with Gasteiger partial charge in [0.15, 0.2) is 21.0 Å². The number of rotatable bonds is 15. The summed E-state index contributed by atoms with van der Waals surface area (Å²) in [4.78, 5) is 16.9. The zero-order valence-corrected chi connectivity index (χ0v) is 27.9. The summed E-state index contributed by atoms with van der Waals surface area (Å²) >= 11 is 15.8. The lowest BCUT2D eigenvalue weighted by atomic mass is 10.1. The monoisotopic (exact) mass is 649 g/mol. The second-order valence-corrected chi connectivity index (χ2v) is 14.7. The quantitative estimate of drug-likeness (QED) is 0.0640. The molecule has 0 unspecified atom stereocenters. The summed E-state index contributed by atoms with van der Waals surface area (Å²) in [5, 5.41) is 1.79. The van der Waals surface area contributed by atoms with Crippen LogP contribution in [0.15, 0.2) is 104 Å². The normalized spacial score (nSPS) is 11.5. The molecule has 0 amide bonds. The molecule has 6 heteroatoms. The van der Waals surface area contributed by atoms with Crippen molar-refractivity contribution in [1.29, 1.82) is 0 Å². The largest absolute Gasteiger partial charge is 0.487 e. The highest BCUT2D eigenvalue weighted by Crippen LogP contribution is 2.50. The van der Waals surface area contributed by atoms with Gasteiger partial charge in [0.05, 0.1) is 21.7 Å². The molecule has 1 aromatic heterocycles. The lowest BCUT2D eigenvalue weighted by Gasteiger charge is -2.18. The van der Waals surface area contributed by atoms with E-state index in [-0.39, 0.29) is 5.43 Å². The Morgan fingerprint density at radius 3 is 1.81 bits per heavy atom. The van der Waals surface area contributed by atoms with E-state index in [0.717, 1.165) is 36.9 Å². The third-order valence-corrected chi connectivity index (χ3v) is 12.1. The molecule has 0 N–H and O–H groups in total. The van der Waals surface area contributed by atoms with Crippen LogP contribution < -0.4 is 10.2 Å². The maximum absolute atomic E-state index is 13.8. The van der Waals surface area contributed by atoms with Crippen LogP contribution in [0.1, 0.15) is 71.1 Å². The molecule has 0 aliphatic heterocycles. The number of hydrogen-bond acceptors (Lipinski definition) is 3. The van der Waals surface area contributed by atoms with Gasteiger partial charge < -0.3 is 4.74 Å². The Bertz CT molecular complexity index is 1650. The summed E-state index contributed by atoms with van der Waals surface area (Å²) < 4.78 is 8.40.